The molecule has 2 N–H and O–H groups in total. The Balaban J connectivity index is 2.50. The second-order valence-electron chi connectivity index (χ2n) is 7.32. The van der Waals surface area contributed by atoms with Crippen LogP contribution in [0.25, 0.3) is 0 Å². The van der Waals surface area contributed by atoms with Crippen molar-refractivity contribution >= 4 is 11.7 Å². The first-order chi connectivity index (χ1) is 13.1. The zero-order chi connectivity index (χ0) is 21.0. The van der Waals surface area contributed by atoms with E-state index < -0.39 is 16.6 Å². The minimum atomic E-state index is -0.848. The number of nitro groups is 1. The number of carboxylic acid groups (broad SMARTS) is 1. The molecule has 0 saturated carbocycles. The first-order valence-corrected chi connectivity index (χ1v) is 9.13. The summed E-state index contributed by atoms with van der Waals surface area (Å²) in [5.74, 6) is -0.146. The number of hydrogen-bond acceptors (Lipinski definition) is 5. The summed E-state index contributed by atoms with van der Waals surface area (Å²) in [5, 5.41) is 29.7. The van der Waals surface area contributed by atoms with Crippen molar-refractivity contribution < 1.29 is 24.7 Å². The molecular formula is C21H25NO6. The summed E-state index contributed by atoms with van der Waals surface area (Å²) in [7, 11) is 0. The maximum absolute atomic E-state index is 10.9. The van der Waals surface area contributed by atoms with E-state index in [2.05, 4.69) is 0 Å². The Morgan fingerprint density at radius 2 is 1.68 bits per heavy atom. The van der Waals surface area contributed by atoms with E-state index in [1.54, 1.807) is 0 Å². The van der Waals surface area contributed by atoms with Crippen LogP contribution in [0, 0.1) is 10.1 Å². The van der Waals surface area contributed by atoms with Crippen molar-refractivity contribution in [1.29, 1.82) is 0 Å². The first-order valence-electron chi connectivity index (χ1n) is 9.13. The van der Waals surface area contributed by atoms with Crippen LogP contribution >= 0.6 is 0 Å². The number of nitrogens with zero attached hydrogens (tertiary/aromatic N) is 1. The van der Waals surface area contributed by atoms with Gasteiger partial charge in [-0.2, -0.15) is 0 Å². The third-order valence-corrected chi connectivity index (χ3v) is 4.44. The Labute approximate surface area is 163 Å². The second kappa shape index (κ2) is 8.73. The van der Waals surface area contributed by atoms with Gasteiger partial charge >= 0.3 is 11.7 Å². The zero-order valence-electron chi connectivity index (χ0n) is 16.4. The average molecular weight is 387 g/mol. The van der Waals surface area contributed by atoms with E-state index >= 15 is 0 Å². The van der Waals surface area contributed by atoms with Crippen LogP contribution in [0.3, 0.4) is 0 Å². The van der Waals surface area contributed by atoms with Crippen LogP contribution in [-0.2, 0) is 11.2 Å². The topological polar surface area (TPSA) is 110 Å². The molecule has 0 saturated heterocycles. The fourth-order valence-electron chi connectivity index (χ4n) is 2.95. The van der Waals surface area contributed by atoms with Crippen molar-refractivity contribution in [1.82, 2.24) is 0 Å². The van der Waals surface area contributed by atoms with Gasteiger partial charge in [-0.3, -0.25) is 14.9 Å². The van der Waals surface area contributed by atoms with Crippen LogP contribution < -0.4 is 4.74 Å². The highest BCUT2D eigenvalue weighted by Gasteiger charge is 2.20. The number of aryl methyl sites for hydroxylation is 1. The van der Waals surface area contributed by atoms with Gasteiger partial charge < -0.3 is 14.9 Å². The fraction of sp³-hybridized carbons (Fsp3) is 0.381. The van der Waals surface area contributed by atoms with Crippen LogP contribution in [0.2, 0.25) is 0 Å². The monoisotopic (exact) mass is 387 g/mol. The van der Waals surface area contributed by atoms with Gasteiger partial charge in [-0.25, -0.2) is 0 Å². The summed E-state index contributed by atoms with van der Waals surface area (Å²) in [4.78, 5) is 21.2. The van der Waals surface area contributed by atoms with Gasteiger partial charge in [-0.1, -0.05) is 39.8 Å². The average Bonchev–Trinajstić information content (AvgIpc) is 2.59. The largest absolute Gasteiger partial charge is 0.502 e. The molecule has 0 aromatic heterocycles. The summed E-state index contributed by atoms with van der Waals surface area (Å²) >= 11 is 0. The standard InChI is InChI=1S/C21H25NO6/c1-12(2)16-9-14(5-8-20(24)25)10-17(13(3)4)21(16)28-15-6-7-18(22(26)27)19(23)11-15/h6-7,9-13,23H,5,8H2,1-4H3,(H,24,25). The van der Waals surface area contributed by atoms with E-state index in [9.17, 15) is 20.0 Å². The summed E-state index contributed by atoms with van der Waals surface area (Å²) < 4.78 is 6.06. The molecule has 0 heterocycles. The van der Waals surface area contributed by atoms with Crippen LogP contribution in [-0.4, -0.2) is 21.1 Å². The number of carbonyl (C=O) groups is 1. The molecule has 150 valence electrons. The molecule has 0 radical (unpaired) electrons. The van der Waals surface area contributed by atoms with Crippen molar-refractivity contribution in [2.45, 2.75) is 52.4 Å². The molecule has 0 aliphatic rings. The number of phenolic OH excluding ortho intramolecular Hbond substituents is 1. The van der Waals surface area contributed by atoms with E-state index in [0.717, 1.165) is 16.7 Å². The van der Waals surface area contributed by atoms with Crippen LogP contribution in [0.5, 0.6) is 17.2 Å². The number of rotatable bonds is 8. The maximum Gasteiger partial charge on any atom is 0.310 e. The van der Waals surface area contributed by atoms with Crippen LogP contribution in [0.4, 0.5) is 5.69 Å². The van der Waals surface area contributed by atoms with Crippen molar-refractivity contribution in [2.24, 2.45) is 0 Å². The number of benzene rings is 2. The minimum absolute atomic E-state index is 0.0471. The van der Waals surface area contributed by atoms with Gasteiger partial charge in [-0.05, 0) is 41.0 Å². The molecule has 0 aliphatic carbocycles. The lowest BCUT2D eigenvalue weighted by molar-refractivity contribution is -0.385. The highest BCUT2D eigenvalue weighted by atomic mass is 16.6. The van der Waals surface area contributed by atoms with Gasteiger partial charge in [0.2, 0.25) is 0 Å². The third kappa shape index (κ3) is 5.00. The zero-order valence-corrected chi connectivity index (χ0v) is 16.4. The van der Waals surface area contributed by atoms with Crippen LogP contribution in [0.1, 0.15) is 62.6 Å². The highest BCUT2D eigenvalue weighted by molar-refractivity contribution is 5.67. The molecule has 0 fully saturated rings. The van der Waals surface area contributed by atoms with E-state index in [0.29, 0.717) is 17.9 Å². The molecule has 7 nitrogen and oxygen atoms in total. The Kier molecular flexibility index (Phi) is 6.62. The number of nitro benzene ring substituents is 1. The van der Waals surface area contributed by atoms with Crippen molar-refractivity contribution in [3.8, 4) is 17.2 Å². The third-order valence-electron chi connectivity index (χ3n) is 4.44. The van der Waals surface area contributed by atoms with E-state index in [1.807, 2.05) is 39.8 Å². The molecule has 2 aromatic carbocycles. The lowest BCUT2D eigenvalue weighted by atomic mass is 9.90. The quantitative estimate of drug-likeness (QED) is 0.466. The molecule has 2 rings (SSSR count). The molecule has 0 bridgehead atoms. The number of aliphatic carboxylic acids is 1. The minimum Gasteiger partial charge on any atom is -0.502 e. The summed E-state index contributed by atoms with van der Waals surface area (Å²) in [6.07, 6.45) is 0.471. The van der Waals surface area contributed by atoms with Crippen molar-refractivity contribution in [2.75, 3.05) is 0 Å². The maximum atomic E-state index is 10.9. The molecule has 0 atom stereocenters. The SMILES string of the molecule is CC(C)c1cc(CCC(=O)O)cc(C(C)C)c1Oc1ccc([N+](=O)[O-])c(O)c1. The molecular weight excluding hydrogens is 362 g/mol. The predicted molar refractivity (Wildman–Crippen MR) is 105 cm³/mol. The Hall–Kier alpha value is -3.09. The smallest absolute Gasteiger partial charge is 0.310 e. The van der Waals surface area contributed by atoms with Gasteiger partial charge in [0, 0.05) is 18.6 Å². The molecule has 7 heteroatoms. The van der Waals surface area contributed by atoms with Gasteiger partial charge in [-0.15, -0.1) is 0 Å². The number of aromatic hydroxyl groups is 1. The molecule has 0 amide bonds. The number of ether oxygens (including phenoxy) is 1. The van der Waals surface area contributed by atoms with Crippen LogP contribution in [0.15, 0.2) is 30.3 Å². The van der Waals surface area contributed by atoms with Gasteiger partial charge in [0.05, 0.1) is 4.92 Å². The Morgan fingerprint density at radius 3 is 2.11 bits per heavy atom. The number of phenols is 1. The van der Waals surface area contributed by atoms with E-state index in [-0.39, 0.29) is 23.9 Å². The predicted octanol–water partition coefficient (Wildman–Crippen LogP) is 5.36. The second-order valence-corrected chi connectivity index (χ2v) is 7.32. The van der Waals surface area contributed by atoms with Gasteiger partial charge in [0.15, 0.2) is 5.75 Å². The molecule has 2 aromatic rings. The fourth-order valence-corrected chi connectivity index (χ4v) is 2.95. The highest BCUT2D eigenvalue weighted by Crippen LogP contribution is 2.40. The van der Waals surface area contributed by atoms with Gasteiger partial charge in [0.25, 0.3) is 0 Å². The van der Waals surface area contributed by atoms with E-state index in [1.165, 1.54) is 18.2 Å². The summed E-state index contributed by atoms with van der Waals surface area (Å²) in [6.45, 7) is 8.06. The molecule has 0 spiro atoms. The number of hydrogen-bond donors (Lipinski definition) is 2. The Bertz CT molecular complexity index is 859. The van der Waals surface area contributed by atoms with Gasteiger partial charge in [0.1, 0.15) is 11.5 Å². The Morgan fingerprint density at radius 1 is 1.11 bits per heavy atom. The lowest BCUT2D eigenvalue weighted by Crippen LogP contribution is -2.04. The van der Waals surface area contributed by atoms with E-state index in [4.69, 9.17) is 9.84 Å². The normalized spacial score (nSPS) is 11.1. The van der Waals surface area contributed by atoms with Crippen molar-refractivity contribution in [3.05, 3.63) is 57.1 Å². The van der Waals surface area contributed by atoms with Crippen molar-refractivity contribution in [3.63, 3.8) is 0 Å². The molecule has 28 heavy (non-hydrogen) atoms. The number of carboxylic acids is 1. The molecule has 0 aliphatic heterocycles. The lowest BCUT2D eigenvalue weighted by Gasteiger charge is -2.21. The summed E-state index contributed by atoms with van der Waals surface area (Å²) in [5.41, 5.74) is 2.38. The molecule has 0 unspecified atom stereocenters. The summed E-state index contributed by atoms with van der Waals surface area (Å²) in [6, 6.07) is 7.77. The first kappa shape index (κ1) is 21.2.